The number of fused-ring (bicyclic) bond motifs is 1. The van der Waals surface area contributed by atoms with Crippen LogP contribution in [0.25, 0.3) is 16.9 Å². The van der Waals surface area contributed by atoms with Crippen LogP contribution in [0.15, 0.2) is 30.9 Å². The number of anilines is 2. The van der Waals surface area contributed by atoms with E-state index < -0.39 is 5.60 Å². The van der Waals surface area contributed by atoms with Gasteiger partial charge in [0.1, 0.15) is 23.6 Å². The lowest BCUT2D eigenvalue weighted by Crippen LogP contribution is -2.55. The van der Waals surface area contributed by atoms with Crippen LogP contribution in [0.1, 0.15) is 40.2 Å². The van der Waals surface area contributed by atoms with Crippen LogP contribution in [0.3, 0.4) is 0 Å². The largest absolute Gasteiger partial charge is 0.444 e. The fraction of sp³-hybridized carbons (Fsp3) is 0.519. The summed E-state index contributed by atoms with van der Waals surface area (Å²) in [6.45, 7) is 13.6. The first-order chi connectivity index (χ1) is 18.1. The summed E-state index contributed by atoms with van der Waals surface area (Å²) in [6, 6.07) is 5.65. The molecule has 0 saturated carbocycles. The molecule has 11 heteroatoms. The molecule has 5 rings (SSSR count). The first-order valence-corrected chi connectivity index (χ1v) is 13.0. The van der Waals surface area contributed by atoms with E-state index >= 15 is 0 Å². The molecule has 2 fully saturated rings. The molecular weight excluding hydrogens is 484 g/mol. The molecule has 2 saturated heterocycles. The maximum absolute atomic E-state index is 12.7. The topological polar surface area (TPSA) is 113 Å². The van der Waals surface area contributed by atoms with Crippen molar-refractivity contribution in [1.29, 1.82) is 5.26 Å². The third-order valence-corrected chi connectivity index (χ3v) is 6.80. The number of aromatic nitrogens is 4. The molecule has 200 valence electrons. The van der Waals surface area contributed by atoms with Gasteiger partial charge in [-0.1, -0.05) is 0 Å². The zero-order chi connectivity index (χ0) is 27.0. The van der Waals surface area contributed by atoms with Crippen molar-refractivity contribution in [3.05, 3.63) is 36.4 Å². The highest BCUT2D eigenvalue weighted by atomic mass is 16.6. The summed E-state index contributed by atoms with van der Waals surface area (Å²) in [6.07, 6.45) is 5.03. The molecule has 0 N–H and O–H groups in total. The lowest BCUT2D eigenvalue weighted by molar-refractivity contribution is 0.0218. The predicted molar refractivity (Wildman–Crippen MR) is 144 cm³/mol. The van der Waals surface area contributed by atoms with Crippen LogP contribution in [0.2, 0.25) is 0 Å². The normalized spacial score (nSPS) is 20.5. The van der Waals surface area contributed by atoms with Crippen LogP contribution in [0.5, 0.6) is 0 Å². The Morgan fingerprint density at radius 2 is 1.97 bits per heavy atom. The van der Waals surface area contributed by atoms with Gasteiger partial charge in [0.05, 0.1) is 35.4 Å². The van der Waals surface area contributed by atoms with Gasteiger partial charge < -0.3 is 24.2 Å². The minimum absolute atomic E-state index is 0.00854. The first kappa shape index (κ1) is 25.7. The number of carbonyl (C=O) groups excluding carboxylic acids is 1. The molecule has 2 aliphatic heterocycles. The Kier molecular flexibility index (Phi) is 6.84. The standard InChI is InChI=1S/C27H34N8O3/c1-18-14-33(26(36)38-27(3,4)5)8-9-34(18)24-23-21(32-10-11-37-19(2)15-32)16-35(25(23)31-17-30-24)22-12-20(13-28)6-7-29-22/h6-7,12,16-19H,8-11,14-15H2,1-5H3/t18-,19?/m0/s1. The van der Waals surface area contributed by atoms with E-state index in [-0.39, 0.29) is 18.2 Å². The number of nitrogens with zero attached hydrogens (tertiary/aromatic N) is 8. The zero-order valence-corrected chi connectivity index (χ0v) is 22.6. The molecule has 5 heterocycles. The number of carbonyl (C=O) groups is 1. The molecule has 1 unspecified atom stereocenters. The summed E-state index contributed by atoms with van der Waals surface area (Å²) < 4.78 is 13.3. The molecule has 0 aliphatic carbocycles. The molecule has 2 atom stereocenters. The van der Waals surface area contributed by atoms with Gasteiger partial charge in [0.15, 0.2) is 5.65 Å². The van der Waals surface area contributed by atoms with Crippen molar-refractivity contribution in [2.75, 3.05) is 49.1 Å². The quantitative estimate of drug-likeness (QED) is 0.515. The molecule has 0 aromatic carbocycles. The van der Waals surface area contributed by atoms with Gasteiger partial charge in [-0.2, -0.15) is 5.26 Å². The molecule has 3 aromatic heterocycles. The van der Waals surface area contributed by atoms with Gasteiger partial charge in [-0.25, -0.2) is 19.7 Å². The molecule has 0 radical (unpaired) electrons. The third-order valence-electron chi connectivity index (χ3n) is 6.80. The monoisotopic (exact) mass is 518 g/mol. The van der Waals surface area contributed by atoms with Gasteiger partial charge in [0.2, 0.25) is 0 Å². The van der Waals surface area contributed by atoms with E-state index in [0.717, 1.165) is 30.0 Å². The summed E-state index contributed by atoms with van der Waals surface area (Å²) in [5, 5.41) is 10.4. The molecular formula is C27H34N8O3. The lowest BCUT2D eigenvalue weighted by atomic mass is 10.1. The van der Waals surface area contributed by atoms with Gasteiger partial charge in [0.25, 0.3) is 0 Å². The Hall–Kier alpha value is -3.91. The smallest absolute Gasteiger partial charge is 0.410 e. The van der Waals surface area contributed by atoms with Gasteiger partial charge in [0, 0.05) is 51.2 Å². The van der Waals surface area contributed by atoms with E-state index in [0.29, 0.717) is 43.3 Å². The number of ether oxygens (including phenoxy) is 2. The SMILES string of the molecule is CC1CN(c2cn(-c3cc(C#N)ccn3)c3ncnc(N4CCN(C(=O)OC(C)(C)C)C[C@@H]4C)c23)CCO1. The number of nitriles is 1. The fourth-order valence-electron chi connectivity index (χ4n) is 5.08. The second-order valence-corrected chi connectivity index (χ2v) is 10.9. The van der Waals surface area contributed by atoms with Crippen LogP contribution < -0.4 is 9.80 Å². The molecule has 0 bridgehead atoms. The fourth-order valence-corrected chi connectivity index (χ4v) is 5.08. The highest BCUT2D eigenvalue weighted by Crippen LogP contribution is 2.38. The average molecular weight is 519 g/mol. The lowest BCUT2D eigenvalue weighted by Gasteiger charge is -2.41. The number of piperazine rings is 1. The average Bonchev–Trinajstić information content (AvgIpc) is 3.28. The Labute approximate surface area is 222 Å². The van der Waals surface area contributed by atoms with E-state index in [9.17, 15) is 10.1 Å². The first-order valence-electron chi connectivity index (χ1n) is 13.0. The molecule has 2 aliphatic rings. The third kappa shape index (κ3) is 5.09. The summed E-state index contributed by atoms with van der Waals surface area (Å²) >= 11 is 0. The second-order valence-electron chi connectivity index (χ2n) is 10.9. The Bertz CT molecular complexity index is 1370. The maximum atomic E-state index is 12.7. The predicted octanol–water partition coefficient (Wildman–Crippen LogP) is 3.36. The maximum Gasteiger partial charge on any atom is 0.410 e. The van der Waals surface area contributed by atoms with Crippen molar-refractivity contribution in [1.82, 2.24) is 24.4 Å². The number of hydrogen-bond acceptors (Lipinski definition) is 9. The van der Waals surface area contributed by atoms with Gasteiger partial charge in [-0.05, 0) is 46.8 Å². The Balaban J connectivity index is 1.56. The zero-order valence-electron chi connectivity index (χ0n) is 22.6. The van der Waals surface area contributed by atoms with Crippen molar-refractivity contribution < 1.29 is 14.3 Å². The van der Waals surface area contributed by atoms with E-state index in [1.54, 1.807) is 29.6 Å². The molecule has 1 amide bonds. The van der Waals surface area contributed by atoms with Crippen LogP contribution in [-0.2, 0) is 9.47 Å². The highest BCUT2D eigenvalue weighted by Gasteiger charge is 2.33. The molecule has 38 heavy (non-hydrogen) atoms. The minimum atomic E-state index is -0.541. The number of rotatable bonds is 3. The molecule has 0 spiro atoms. The Morgan fingerprint density at radius 1 is 1.16 bits per heavy atom. The van der Waals surface area contributed by atoms with Crippen molar-refractivity contribution in [3.63, 3.8) is 0 Å². The summed E-state index contributed by atoms with van der Waals surface area (Å²) in [7, 11) is 0. The highest BCUT2D eigenvalue weighted by molar-refractivity contribution is 6.00. The summed E-state index contributed by atoms with van der Waals surface area (Å²) in [5.41, 5.74) is 1.70. The number of morpholine rings is 1. The van der Waals surface area contributed by atoms with Gasteiger partial charge in [-0.15, -0.1) is 0 Å². The van der Waals surface area contributed by atoms with Crippen LogP contribution in [-0.4, -0.2) is 87.6 Å². The molecule has 11 nitrogen and oxygen atoms in total. The van der Waals surface area contributed by atoms with Crippen molar-refractivity contribution in [2.24, 2.45) is 0 Å². The van der Waals surface area contributed by atoms with Crippen molar-refractivity contribution in [2.45, 2.75) is 52.4 Å². The van der Waals surface area contributed by atoms with Crippen LogP contribution >= 0.6 is 0 Å². The number of hydrogen-bond donors (Lipinski definition) is 0. The van der Waals surface area contributed by atoms with Crippen molar-refractivity contribution >= 4 is 28.6 Å². The second kappa shape index (κ2) is 10.1. The number of amides is 1. The van der Waals surface area contributed by atoms with E-state index in [4.69, 9.17) is 14.5 Å². The van der Waals surface area contributed by atoms with Gasteiger partial charge >= 0.3 is 6.09 Å². The number of pyridine rings is 1. The van der Waals surface area contributed by atoms with Crippen molar-refractivity contribution in [3.8, 4) is 11.9 Å². The van der Waals surface area contributed by atoms with E-state index in [1.165, 1.54) is 0 Å². The minimum Gasteiger partial charge on any atom is -0.444 e. The molecule has 3 aromatic rings. The summed E-state index contributed by atoms with van der Waals surface area (Å²) in [5.74, 6) is 1.43. The van der Waals surface area contributed by atoms with E-state index in [1.807, 2.05) is 31.5 Å². The van der Waals surface area contributed by atoms with Crippen LogP contribution in [0, 0.1) is 11.3 Å². The summed E-state index contributed by atoms with van der Waals surface area (Å²) in [4.78, 5) is 33.0. The Morgan fingerprint density at radius 3 is 2.68 bits per heavy atom. The van der Waals surface area contributed by atoms with Crippen LogP contribution in [0.4, 0.5) is 16.3 Å². The van der Waals surface area contributed by atoms with E-state index in [2.05, 4.69) is 39.7 Å². The van der Waals surface area contributed by atoms with Gasteiger partial charge in [-0.3, -0.25) is 4.57 Å².